The molecule has 1 aliphatic carbocycles. The van der Waals surface area contributed by atoms with Gasteiger partial charge in [0.25, 0.3) is 0 Å². The van der Waals surface area contributed by atoms with E-state index in [-0.39, 0.29) is 29.7 Å². The van der Waals surface area contributed by atoms with Crippen LogP contribution in [0.15, 0.2) is 22.7 Å². The van der Waals surface area contributed by atoms with Gasteiger partial charge < -0.3 is 10.6 Å². The normalized spacial score (nSPS) is 21.1. The molecule has 0 unspecified atom stereocenters. The summed E-state index contributed by atoms with van der Waals surface area (Å²) in [4.78, 5) is 24.4. The van der Waals surface area contributed by atoms with Crippen molar-refractivity contribution in [2.75, 3.05) is 5.32 Å². The molecule has 0 heterocycles. The molecule has 2 rings (SSSR count). The Balaban J connectivity index is 1.86. The zero-order valence-corrected chi connectivity index (χ0v) is 15.6. The largest absolute Gasteiger partial charge is 0.354 e. The molecule has 0 bridgehead atoms. The van der Waals surface area contributed by atoms with Gasteiger partial charge in [-0.25, -0.2) is 0 Å². The van der Waals surface area contributed by atoms with E-state index in [1.54, 1.807) is 0 Å². The zero-order chi connectivity index (χ0) is 17.0. The van der Waals surface area contributed by atoms with Crippen LogP contribution in [0.2, 0.25) is 0 Å². The highest BCUT2D eigenvalue weighted by Crippen LogP contribution is 2.30. The number of anilines is 1. The molecule has 0 aliphatic heterocycles. The van der Waals surface area contributed by atoms with Gasteiger partial charge in [0, 0.05) is 28.0 Å². The van der Waals surface area contributed by atoms with Crippen LogP contribution in [0.3, 0.4) is 0 Å². The Hall–Kier alpha value is -1.36. The summed E-state index contributed by atoms with van der Waals surface area (Å²) in [6.07, 6.45) is 3.12. The van der Waals surface area contributed by atoms with E-state index in [4.69, 9.17) is 0 Å². The average Bonchev–Trinajstić information content (AvgIpc) is 2.50. The van der Waals surface area contributed by atoms with Crippen LogP contribution in [0.25, 0.3) is 0 Å². The van der Waals surface area contributed by atoms with E-state index in [0.717, 1.165) is 41.4 Å². The molecule has 2 N–H and O–H groups in total. The van der Waals surface area contributed by atoms with E-state index in [1.807, 2.05) is 39.0 Å². The Morgan fingerprint density at radius 1 is 1.09 bits per heavy atom. The molecule has 1 saturated carbocycles. The molecular weight excluding hydrogens is 356 g/mol. The fourth-order valence-corrected chi connectivity index (χ4v) is 3.31. The first-order valence-electron chi connectivity index (χ1n) is 8.24. The lowest BCUT2D eigenvalue weighted by atomic mass is 9.81. The zero-order valence-electron chi connectivity index (χ0n) is 14.0. The van der Waals surface area contributed by atoms with Gasteiger partial charge in [-0.1, -0.05) is 22.0 Å². The van der Waals surface area contributed by atoms with E-state index in [0.29, 0.717) is 0 Å². The van der Waals surface area contributed by atoms with E-state index in [1.165, 1.54) is 0 Å². The van der Waals surface area contributed by atoms with Gasteiger partial charge in [0.1, 0.15) is 0 Å². The summed E-state index contributed by atoms with van der Waals surface area (Å²) < 4.78 is 0.990. The van der Waals surface area contributed by atoms with Crippen molar-refractivity contribution >= 4 is 33.4 Å². The molecule has 1 aromatic carbocycles. The van der Waals surface area contributed by atoms with Gasteiger partial charge >= 0.3 is 0 Å². The highest BCUT2D eigenvalue weighted by molar-refractivity contribution is 9.10. The SMILES string of the molecule is Cc1ccc(NC(=O)C2CCC(C(=O)NC(C)C)CC2)cc1Br. The van der Waals surface area contributed by atoms with Crippen molar-refractivity contribution in [3.05, 3.63) is 28.2 Å². The monoisotopic (exact) mass is 380 g/mol. The number of carbonyl (C=O) groups is 2. The van der Waals surface area contributed by atoms with Crippen LogP contribution in [0, 0.1) is 18.8 Å². The second-order valence-corrected chi connectivity index (χ2v) is 7.52. The van der Waals surface area contributed by atoms with Crippen molar-refractivity contribution in [2.45, 2.75) is 52.5 Å². The Morgan fingerprint density at radius 3 is 2.17 bits per heavy atom. The van der Waals surface area contributed by atoms with Crippen molar-refractivity contribution in [3.8, 4) is 0 Å². The van der Waals surface area contributed by atoms with Crippen LogP contribution in [0.4, 0.5) is 5.69 Å². The van der Waals surface area contributed by atoms with Crippen LogP contribution < -0.4 is 10.6 Å². The lowest BCUT2D eigenvalue weighted by molar-refractivity contribution is -0.128. The summed E-state index contributed by atoms with van der Waals surface area (Å²) in [7, 11) is 0. The first-order chi connectivity index (χ1) is 10.9. The van der Waals surface area contributed by atoms with Gasteiger partial charge in [0.2, 0.25) is 11.8 Å². The van der Waals surface area contributed by atoms with Gasteiger partial charge in [0.15, 0.2) is 0 Å². The van der Waals surface area contributed by atoms with Crippen LogP contribution in [0.5, 0.6) is 0 Å². The molecular formula is C18H25BrN2O2. The maximum atomic E-state index is 12.4. The third-order valence-corrected chi connectivity index (χ3v) is 5.19. The van der Waals surface area contributed by atoms with Gasteiger partial charge in [-0.15, -0.1) is 0 Å². The van der Waals surface area contributed by atoms with Crippen LogP contribution in [-0.2, 0) is 9.59 Å². The molecule has 1 aliphatic rings. The predicted octanol–water partition coefficient (Wildman–Crippen LogP) is 4.03. The van der Waals surface area contributed by atoms with Crippen LogP contribution in [-0.4, -0.2) is 17.9 Å². The van der Waals surface area contributed by atoms with Crippen molar-refractivity contribution in [1.29, 1.82) is 0 Å². The molecule has 0 aromatic heterocycles. The lowest BCUT2D eigenvalue weighted by Gasteiger charge is -2.27. The molecule has 1 aromatic rings. The highest BCUT2D eigenvalue weighted by Gasteiger charge is 2.30. The number of amides is 2. The number of rotatable bonds is 4. The molecule has 0 atom stereocenters. The van der Waals surface area contributed by atoms with Gasteiger partial charge in [0.05, 0.1) is 0 Å². The average molecular weight is 381 g/mol. The Morgan fingerprint density at radius 2 is 1.65 bits per heavy atom. The molecule has 0 saturated heterocycles. The second-order valence-electron chi connectivity index (χ2n) is 6.67. The number of hydrogen-bond acceptors (Lipinski definition) is 2. The van der Waals surface area contributed by atoms with Gasteiger partial charge in [-0.05, 0) is 64.2 Å². The fourth-order valence-electron chi connectivity index (χ4n) is 2.94. The summed E-state index contributed by atoms with van der Waals surface area (Å²) in [5.41, 5.74) is 1.95. The summed E-state index contributed by atoms with van der Waals surface area (Å²) in [6.45, 7) is 5.95. The van der Waals surface area contributed by atoms with E-state index in [2.05, 4.69) is 26.6 Å². The van der Waals surface area contributed by atoms with E-state index >= 15 is 0 Å². The molecule has 5 heteroatoms. The fraction of sp³-hybridized carbons (Fsp3) is 0.556. The molecule has 4 nitrogen and oxygen atoms in total. The van der Waals surface area contributed by atoms with Crippen molar-refractivity contribution < 1.29 is 9.59 Å². The Kier molecular flexibility index (Phi) is 6.22. The third-order valence-electron chi connectivity index (χ3n) is 4.34. The minimum atomic E-state index is -0.00169. The van der Waals surface area contributed by atoms with Crippen molar-refractivity contribution in [2.24, 2.45) is 11.8 Å². The smallest absolute Gasteiger partial charge is 0.227 e. The quantitative estimate of drug-likeness (QED) is 0.828. The molecule has 0 radical (unpaired) electrons. The summed E-state index contributed by atoms with van der Waals surface area (Å²) in [5.74, 6) is 0.234. The third kappa shape index (κ3) is 5.06. The van der Waals surface area contributed by atoms with Crippen molar-refractivity contribution in [1.82, 2.24) is 5.32 Å². The van der Waals surface area contributed by atoms with Gasteiger partial charge in [-0.3, -0.25) is 9.59 Å². The van der Waals surface area contributed by atoms with E-state index in [9.17, 15) is 9.59 Å². The maximum absolute atomic E-state index is 12.4. The van der Waals surface area contributed by atoms with E-state index < -0.39 is 0 Å². The number of carbonyl (C=O) groups excluding carboxylic acids is 2. The topological polar surface area (TPSA) is 58.2 Å². The molecule has 126 valence electrons. The maximum Gasteiger partial charge on any atom is 0.227 e. The number of hydrogen-bond donors (Lipinski definition) is 2. The minimum Gasteiger partial charge on any atom is -0.354 e. The number of nitrogens with one attached hydrogen (secondary N) is 2. The predicted molar refractivity (Wildman–Crippen MR) is 96.2 cm³/mol. The first kappa shape index (κ1) is 18.0. The first-order valence-corrected chi connectivity index (χ1v) is 9.03. The standard InChI is InChI=1S/C18H25BrN2O2/c1-11(2)20-17(22)13-5-7-14(8-6-13)18(23)21-15-9-4-12(3)16(19)10-15/h4,9-11,13-14H,5-8H2,1-3H3,(H,20,22)(H,21,23). The molecule has 23 heavy (non-hydrogen) atoms. The van der Waals surface area contributed by atoms with Crippen LogP contribution in [0.1, 0.15) is 45.1 Å². The summed E-state index contributed by atoms with van der Waals surface area (Å²) in [6, 6.07) is 5.99. The van der Waals surface area contributed by atoms with Gasteiger partial charge in [-0.2, -0.15) is 0 Å². The van der Waals surface area contributed by atoms with Crippen molar-refractivity contribution in [3.63, 3.8) is 0 Å². The Bertz CT molecular complexity index is 578. The minimum absolute atomic E-state index is 0.00169. The molecule has 0 spiro atoms. The molecule has 2 amide bonds. The number of aryl methyl sites for hydroxylation is 1. The van der Waals surface area contributed by atoms with Crippen LogP contribution >= 0.6 is 15.9 Å². The summed E-state index contributed by atoms with van der Waals surface area (Å²) in [5, 5.41) is 5.95. The lowest BCUT2D eigenvalue weighted by Crippen LogP contribution is -2.38. The summed E-state index contributed by atoms with van der Waals surface area (Å²) >= 11 is 3.48. The number of benzene rings is 1. The Labute approximate surface area is 146 Å². The highest BCUT2D eigenvalue weighted by atomic mass is 79.9. The number of halogens is 1. The molecule has 1 fully saturated rings. The second kappa shape index (κ2) is 7.95.